The van der Waals surface area contributed by atoms with Crippen LogP contribution in [0.25, 0.3) is 0 Å². The van der Waals surface area contributed by atoms with Gasteiger partial charge >= 0.3 is 0 Å². The number of nitrogens with one attached hydrogen (secondary N) is 1. The fraction of sp³-hybridized carbons (Fsp3) is 1.00. The summed E-state index contributed by atoms with van der Waals surface area (Å²) in [5, 5.41) is 3.32. The Kier molecular flexibility index (Phi) is 1.24. The van der Waals surface area contributed by atoms with E-state index in [1.165, 1.54) is 13.0 Å². The molecular formula is C7H13NO. The van der Waals surface area contributed by atoms with Gasteiger partial charge in [-0.1, -0.05) is 0 Å². The largest absolute Gasteiger partial charge is 0.374 e. The quantitative estimate of drug-likeness (QED) is 0.508. The van der Waals surface area contributed by atoms with Crippen molar-refractivity contribution in [2.75, 3.05) is 13.1 Å². The average Bonchev–Trinajstić information content (AvgIpc) is 2.22. The molecule has 52 valence electrons. The monoisotopic (exact) mass is 127 g/mol. The van der Waals surface area contributed by atoms with Gasteiger partial charge in [0.05, 0.1) is 12.2 Å². The van der Waals surface area contributed by atoms with Gasteiger partial charge in [-0.3, -0.25) is 0 Å². The Bertz CT molecular complexity index is 103. The lowest BCUT2D eigenvalue weighted by molar-refractivity contribution is 0.0586. The van der Waals surface area contributed by atoms with Gasteiger partial charge in [0.1, 0.15) is 0 Å². The maximum Gasteiger partial charge on any atom is 0.0744 e. The van der Waals surface area contributed by atoms with Crippen molar-refractivity contribution in [3.63, 3.8) is 0 Å². The fourth-order valence-electron chi connectivity index (χ4n) is 1.88. The molecule has 1 N–H and O–H groups in total. The molecule has 2 fully saturated rings. The number of hydrogen-bond acceptors (Lipinski definition) is 2. The molecule has 2 aliphatic rings. The van der Waals surface area contributed by atoms with E-state index in [1.807, 2.05) is 0 Å². The molecule has 0 saturated carbocycles. The van der Waals surface area contributed by atoms with Crippen molar-refractivity contribution < 1.29 is 4.74 Å². The Hall–Kier alpha value is -0.0800. The summed E-state index contributed by atoms with van der Waals surface area (Å²) >= 11 is 0. The first-order valence-electron chi connectivity index (χ1n) is 3.72. The fourth-order valence-corrected chi connectivity index (χ4v) is 1.88. The Morgan fingerprint density at radius 1 is 1.44 bits per heavy atom. The summed E-state index contributed by atoms with van der Waals surface area (Å²) in [5.41, 5.74) is 0. The van der Waals surface area contributed by atoms with Gasteiger partial charge in [-0.15, -0.1) is 0 Å². The van der Waals surface area contributed by atoms with Crippen molar-refractivity contribution >= 4 is 0 Å². The van der Waals surface area contributed by atoms with Gasteiger partial charge in [0, 0.05) is 19.0 Å². The van der Waals surface area contributed by atoms with E-state index < -0.39 is 0 Å². The maximum atomic E-state index is 5.62. The van der Waals surface area contributed by atoms with Gasteiger partial charge in [-0.25, -0.2) is 0 Å². The lowest BCUT2D eigenvalue weighted by atomic mass is 10.0. The Morgan fingerprint density at radius 3 is 3.11 bits per heavy atom. The molecule has 0 spiro atoms. The first-order valence-corrected chi connectivity index (χ1v) is 3.72. The van der Waals surface area contributed by atoms with Crippen LogP contribution in [0.15, 0.2) is 0 Å². The average molecular weight is 127 g/mol. The molecule has 0 aromatic rings. The summed E-state index contributed by atoms with van der Waals surface area (Å²) in [5.74, 6) is 0.819. The highest BCUT2D eigenvalue weighted by atomic mass is 16.5. The number of ether oxygens (including phenoxy) is 1. The van der Waals surface area contributed by atoms with Gasteiger partial charge in [0.2, 0.25) is 0 Å². The summed E-state index contributed by atoms with van der Waals surface area (Å²) in [4.78, 5) is 0. The van der Waals surface area contributed by atoms with Gasteiger partial charge in [-0.05, 0) is 13.3 Å². The number of hydrogen-bond donors (Lipinski definition) is 1. The number of fused-ring (bicyclic) bond motifs is 1. The van der Waals surface area contributed by atoms with E-state index in [2.05, 4.69) is 12.2 Å². The van der Waals surface area contributed by atoms with Crippen molar-refractivity contribution in [2.24, 2.45) is 5.92 Å². The standard InChI is InChI=1S/C7H13NO/c1-5-2-6-3-8-4-7(6)9-5/h5-8H,2-4H2,1H3/t5-,6+,7-/m1/s1. The van der Waals surface area contributed by atoms with Crippen molar-refractivity contribution in [1.29, 1.82) is 0 Å². The molecule has 2 saturated heterocycles. The molecule has 2 rings (SSSR count). The summed E-state index contributed by atoms with van der Waals surface area (Å²) in [6.45, 7) is 4.42. The highest BCUT2D eigenvalue weighted by Crippen LogP contribution is 2.28. The second-order valence-corrected chi connectivity index (χ2v) is 3.14. The zero-order chi connectivity index (χ0) is 6.27. The lowest BCUT2D eigenvalue weighted by Crippen LogP contribution is -2.17. The van der Waals surface area contributed by atoms with Gasteiger partial charge in [0.25, 0.3) is 0 Å². The smallest absolute Gasteiger partial charge is 0.0744 e. The van der Waals surface area contributed by atoms with Crippen molar-refractivity contribution in [1.82, 2.24) is 5.32 Å². The van der Waals surface area contributed by atoms with E-state index in [0.717, 1.165) is 12.5 Å². The molecule has 0 amide bonds. The van der Waals surface area contributed by atoms with E-state index >= 15 is 0 Å². The SMILES string of the molecule is C[C@@H]1C[C@H]2CNC[C@H]2O1. The predicted octanol–water partition coefficient (Wildman–Crippen LogP) is 0.383. The molecule has 0 aromatic carbocycles. The van der Waals surface area contributed by atoms with Crippen LogP contribution in [0.5, 0.6) is 0 Å². The zero-order valence-corrected chi connectivity index (χ0v) is 5.76. The van der Waals surface area contributed by atoms with E-state index in [9.17, 15) is 0 Å². The minimum absolute atomic E-state index is 0.516. The molecule has 0 bridgehead atoms. The third-order valence-corrected chi connectivity index (χ3v) is 2.32. The first kappa shape index (κ1) is 5.69. The molecule has 2 heteroatoms. The third-order valence-electron chi connectivity index (χ3n) is 2.32. The van der Waals surface area contributed by atoms with Crippen LogP contribution in [0.2, 0.25) is 0 Å². The second kappa shape index (κ2) is 1.96. The van der Waals surface area contributed by atoms with E-state index in [1.54, 1.807) is 0 Å². The van der Waals surface area contributed by atoms with Crippen LogP contribution in [0.4, 0.5) is 0 Å². The van der Waals surface area contributed by atoms with Crippen molar-refractivity contribution in [3.05, 3.63) is 0 Å². The van der Waals surface area contributed by atoms with Crippen LogP contribution in [0.1, 0.15) is 13.3 Å². The molecular weight excluding hydrogens is 114 g/mol. The third kappa shape index (κ3) is 0.864. The van der Waals surface area contributed by atoms with Crippen LogP contribution in [0, 0.1) is 5.92 Å². The molecule has 9 heavy (non-hydrogen) atoms. The Morgan fingerprint density at radius 2 is 2.33 bits per heavy atom. The summed E-state index contributed by atoms with van der Waals surface area (Å²) in [6, 6.07) is 0. The van der Waals surface area contributed by atoms with Crippen LogP contribution < -0.4 is 5.32 Å². The Labute approximate surface area is 55.6 Å². The van der Waals surface area contributed by atoms with Gasteiger partial charge < -0.3 is 10.1 Å². The maximum absolute atomic E-state index is 5.62. The molecule has 2 aliphatic heterocycles. The van der Waals surface area contributed by atoms with Crippen molar-refractivity contribution in [3.8, 4) is 0 Å². The molecule has 0 radical (unpaired) electrons. The molecule has 0 aromatic heterocycles. The molecule has 2 nitrogen and oxygen atoms in total. The predicted molar refractivity (Wildman–Crippen MR) is 35.3 cm³/mol. The topological polar surface area (TPSA) is 21.3 Å². The van der Waals surface area contributed by atoms with Crippen LogP contribution in [-0.4, -0.2) is 25.3 Å². The van der Waals surface area contributed by atoms with Crippen LogP contribution >= 0.6 is 0 Å². The minimum Gasteiger partial charge on any atom is -0.374 e. The summed E-state index contributed by atoms with van der Waals surface area (Å²) in [7, 11) is 0. The first-order chi connectivity index (χ1) is 4.36. The molecule has 0 unspecified atom stereocenters. The molecule has 0 aliphatic carbocycles. The normalized spacial score (nSPS) is 49.7. The van der Waals surface area contributed by atoms with Gasteiger partial charge in [0.15, 0.2) is 0 Å². The van der Waals surface area contributed by atoms with E-state index in [4.69, 9.17) is 4.74 Å². The lowest BCUT2D eigenvalue weighted by Gasteiger charge is -2.05. The zero-order valence-electron chi connectivity index (χ0n) is 5.76. The van der Waals surface area contributed by atoms with E-state index in [0.29, 0.717) is 12.2 Å². The minimum atomic E-state index is 0.516. The Balaban J connectivity index is 2.02. The van der Waals surface area contributed by atoms with Gasteiger partial charge in [-0.2, -0.15) is 0 Å². The summed E-state index contributed by atoms with van der Waals surface area (Å²) in [6.07, 6.45) is 2.32. The summed E-state index contributed by atoms with van der Waals surface area (Å²) < 4.78 is 5.62. The molecule has 3 atom stereocenters. The second-order valence-electron chi connectivity index (χ2n) is 3.14. The molecule has 2 heterocycles. The van der Waals surface area contributed by atoms with Crippen molar-refractivity contribution in [2.45, 2.75) is 25.6 Å². The van der Waals surface area contributed by atoms with E-state index in [-0.39, 0.29) is 0 Å². The highest BCUT2D eigenvalue weighted by molar-refractivity contribution is 4.88. The van der Waals surface area contributed by atoms with Crippen LogP contribution in [0.3, 0.4) is 0 Å². The number of rotatable bonds is 0. The highest BCUT2D eigenvalue weighted by Gasteiger charge is 2.35. The van der Waals surface area contributed by atoms with Crippen LogP contribution in [-0.2, 0) is 4.74 Å².